The van der Waals surface area contributed by atoms with Crippen molar-refractivity contribution in [3.05, 3.63) is 22.7 Å². The monoisotopic (exact) mass is 356 g/mol. The third-order valence-electron chi connectivity index (χ3n) is 2.30. The van der Waals surface area contributed by atoms with Crippen molar-refractivity contribution in [2.45, 2.75) is 4.83 Å². The summed E-state index contributed by atoms with van der Waals surface area (Å²) in [5.74, 6) is 0.865. The lowest BCUT2D eigenvalue weighted by Gasteiger charge is -2.16. The second kappa shape index (κ2) is 6.12. The maximum absolute atomic E-state index is 11.3. The topological polar surface area (TPSA) is 52.6 Å². The summed E-state index contributed by atoms with van der Waals surface area (Å²) in [5, 5.41) is 0.329. The molecule has 0 aliphatic heterocycles. The Kier molecular flexibility index (Phi) is 5.31. The Morgan fingerprint density at radius 3 is 2.39 bits per heavy atom. The first kappa shape index (κ1) is 15.6. The minimum Gasteiger partial charge on any atom is -0.495 e. The molecule has 0 N–H and O–H groups in total. The Balaban J connectivity index is 3.21. The molecule has 0 aliphatic rings. The lowest BCUT2D eigenvalue weighted by molar-refractivity contribution is 0.391. The molecule has 0 heterocycles. The third-order valence-corrected chi connectivity index (χ3v) is 4.85. The van der Waals surface area contributed by atoms with E-state index in [2.05, 4.69) is 15.9 Å². The molecule has 7 heteroatoms. The van der Waals surface area contributed by atoms with Gasteiger partial charge in [0.25, 0.3) is 0 Å². The molecule has 1 aromatic rings. The number of alkyl halides is 1. The molecule has 0 aromatic heterocycles. The molecule has 18 heavy (non-hydrogen) atoms. The van der Waals surface area contributed by atoms with Crippen molar-refractivity contribution in [3.63, 3.8) is 0 Å². The first-order chi connectivity index (χ1) is 8.30. The van der Waals surface area contributed by atoms with Gasteiger partial charge < -0.3 is 9.47 Å². The van der Waals surface area contributed by atoms with Crippen LogP contribution in [0.25, 0.3) is 0 Å². The molecular formula is C11H14BrClO4S. The first-order valence-corrected chi connectivity index (χ1v) is 8.37. The maximum Gasteiger partial charge on any atom is 0.148 e. The molecule has 0 spiro atoms. The normalized spacial score (nSPS) is 13.2. The van der Waals surface area contributed by atoms with E-state index in [1.807, 2.05) is 0 Å². The highest BCUT2D eigenvalue weighted by Crippen LogP contribution is 2.41. The van der Waals surface area contributed by atoms with Gasteiger partial charge >= 0.3 is 0 Å². The zero-order valence-corrected chi connectivity index (χ0v) is 13.4. The van der Waals surface area contributed by atoms with Crippen LogP contribution in [-0.4, -0.2) is 34.6 Å². The van der Waals surface area contributed by atoms with E-state index < -0.39 is 9.84 Å². The molecule has 0 radical (unpaired) electrons. The summed E-state index contributed by atoms with van der Waals surface area (Å²) < 4.78 is 32.9. The van der Waals surface area contributed by atoms with Gasteiger partial charge in [-0.05, 0) is 6.07 Å². The second-order valence-electron chi connectivity index (χ2n) is 3.76. The Morgan fingerprint density at radius 1 is 1.33 bits per heavy atom. The van der Waals surface area contributed by atoms with Crippen LogP contribution in [0.15, 0.2) is 12.1 Å². The Hall–Kier alpha value is -0.460. The lowest BCUT2D eigenvalue weighted by Crippen LogP contribution is -2.09. The molecule has 1 atom stereocenters. The van der Waals surface area contributed by atoms with Crippen LogP contribution in [0.1, 0.15) is 10.4 Å². The van der Waals surface area contributed by atoms with Crippen molar-refractivity contribution in [2.75, 3.05) is 26.2 Å². The van der Waals surface area contributed by atoms with Crippen LogP contribution in [0.5, 0.6) is 11.5 Å². The van der Waals surface area contributed by atoms with Gasteiger partial charge in [0.2, 0.25) is 0 Å². The molecule has 0 fully saturated rings. The van der Waals surface area contributed by atoms with Gasteiger partial charge in [-0.15, -0.1) is 0 Å². The number of rotatable bonds is 5. The van der Waals surface area contributed by atoms with Crippen molar-refractivity contribution in [1.29, 1.82) is 0 Å². The fourth-order valence-electron chi connectivity index (χ4n) is 1.52. The van der Waals surface area contributed by atoms with E-state index in [0.29, 0.717) is 22.1 Å². The predicted octanol–water partition coefficient (Wildman–Crippen LogP) is 2.84. The smallest absolute Gasteiger partial charge is 0.148 e. The fourth-order valence-corrected chi connectivity index (χ4v) is 4.36. The number of ether oxygens (including phenoxy) is 2. The molecule has 0 saturated heterocycles. The summed E-state index contributed by atoms with van der Waals surface area (Å²) in [6, 6.07) is 3.41. The summed E-state index contributed by atoms with van der Waals surface area (Å²) in [6.45, 7) is 0. The van der Waals surface area contributed by atoms with Gasteiger partial charge in [0.05, 0.1) is 24.8 Å². The number of hydrogen-bond donors (Lipinski definition) is 0. The van der Waals surface area contributed by atoms with Gasteiger partial charge in [0.15, 0.2) is 0 Å². The van der Waals surface area contributed by atoms with E-state index in [4.69, 9.17) is 21.1 Å². The molecule has 0 bridgehead atoms. The predicted molar refractivity (Wildman–Crippen MR) is 75.9 cm³/mol. The van der Waals surface area contributed by atoms with Crippen LogP contribution in [0.2, 0.25) is 5.02 Å². The highest BCUT2D eigenvalue weighted by molar-refractivity contribution is 9.09. The summed E-state index contributed by atoms with van der Waals surface area (Å²) in [4.78, 5) is -0.383. The zero-order chi connectivity index (χ0) is 13.9. The molecule has 0 saturated carbocycles. The molecule has 1 unspecified atom stereocenters. The van der Waals surface area contributed by atoms with Gasteiger partial charge in [-0.2, -0.15) is 0 Å². The number of methoxy groups -OCH3 is 2. The molecule has 1 rings (SSSR count). The number of benzene rings is 1. The Bertz CT molecular complexity index is 530. The molecule has 1 aromatic carbocycles. The average molecular weight is 358 g/mol. The highest BCUT2D eigenvalue weighted by Gasteiger charge is 2.21. The number of sulfone groups is 1. The molecule has 0 amide bonds. The summed E-state index contributed by atoms with van der Waals surface area (Å²) in [5.41, 5.74) is 0.675. The van der Waals surface area contributed by atoms with Crippen molar-refractivity contribution < 1.29 is 17.9 Å². The quantitative estimate of drug-likeness (QED) is 0.760. The Labute approximate surface area is 120 Å². The molecule has 4 nitrogen and oxygen atoms in total. The van der Waals surface area contributed by atoms with Crippen LogP contribution >= 0.6 is 27.5 Å². The highest BCUT2D eigenvalue weighted by atomic mass is 79.9. The molecular weight excluding hydrogens is 344 g/mol. The summed E-state index contributed by atoms with van der Waals surface area (Å²) in [6.07, 6.45) is 1.18. The van der Waals surface area contributed by atoms with Crippen molar-refractivity contribution in [3.8, 4) is 11.5 Å². The van der Waals surface area contributed by atoms with Crippen molar-refractivity contribution >= 4 is 37.4 Å². The van der Waals surface area contributed by atoms with E-state index >= 15 is 0 Å². The van der Waals surface area contributed by atoms with E-state index in [9.17, 15) is 8.42 Å². The van der Waals surface area contributed by atoms with E-state index in [1.165, 1.54) is 20.5 Å². The van der Waals surface area contributed by atoms with Crippen molar-refractivity contribution in [1.82, 2.24) is 0 Å². The summed E-state index contributed by atoms with van der Waals surface area (Å²) in [7, 11) is -0.123. The minimum absolute atomic E-state index is 0.0357. The maximum atomic E-state index is 11.3. The van der Waals surface area contributed by atoms with E-state index in [-0.39, 0.29) is 10.6 Å². The molecule has 102 valence electrons. The van der Waals surface area contributed by atoms with Crippen LogP contribution in [0, 0.1) is 0 Å². The first-order valence-electron chi connectivity index (χ1n) is 5.02. The Morgan fingerprint density at radius 2 is 1.94 bits per heavy atom. The standard InChI is InChI=1S/C11H14BrClO4S/c1-16-9-5-4-7(11(17-2)10(9)13)8(12)6-18(3,14)15/h4-5,8H,6H2,1-3H3. The van der Waals surface area contributed by atoms with Gasteiger partial charge in [-0.3, -0.25) is 0 Å². The van der Waals surface area contributed by atoms with Crippen molar-refractivity contribution in [2.24, 2.45) is 0 Å². The zero-order valence-electron chi connectivity index (χ0n) is 10.2. The number of hydrogen-bond acceptors (Lipinski definition) is 4. The molecule has 0 aliphatic carbocycles. The summed E-state index contributed by atoms with van der Waals surface area (Å²) >= 11 is 9.44. The third kappa shape index (κ3) is 3.76. The number of halogens is 2. The largest absolute Gasteiger partial charge is 0.495 e. The van der Waals surface area contributed by atoms with Gasteiger partial charge in [0.1, 0.15) is 26.4 Å². The average Bonchev–Trinajstić information content (AvgIpc) is 2.26. The lowest BCUT2D eigenvalue weighted by atomic mass is 10.1. The van der Waals surface area contributed by atoms with E-state index in [1.54, 1.807) is 12.1 Å². The van der Waals surface area contributed by atoms with Gasteiger partial charge in [-0.1, -0.05) is 33.6 Å². The van der Waals surface area contributed by atoms with Gasteiger partial charge in [-0.25, -0.2) is 8.42 Å². The van der Waals surface area contributed by atoms with Gasteiger partial charge in [0, 0.05) is 11.8 Å². The second-order valence-corrected chi connectivity index (χ2v) is 7.43. The minimum atomic E-state index is -3.10. The van der Waals surface area contributed by atoms with E-state index in [0.717, 1.165) is 0 Å². The van der Waals surface area contributed by atoms with Crippen LogP contribution in [0.3, 0.4) is 0 Å². The SMILES string of the molecule is COc1ccc(C(Br)CS(C)(=O)=O)c(OC)c1Cl. The van der Waals surface area contributed by atoms with Crippen LogP contribution in [-0.2, 0) is 9.84 Å². The van der Waals surface area contributed by atoms with Crippen LogP contribution < -0.4 is 9.47 Å². The fraction of sp³-hybridized carbons (Fsp3) is 0.455. The van der Waals surface area contributed by atoms with Crippen LogP contribution in [0.4, 0.5) is 0 Å².